The standard InChI is InChI=1S/C12H18O4/c1-12(11(13)16-4)6-8-7(10(8)15-3)5-9(12)14-2/h5,7-8,10H,6H2,1-4H3/t7-,8+,10-,12+/m0/s1. The molecule has 0 bridgehead atoms. The topological polar surface area (TPSA) is 44.8 Å². The molecular formula is C12H18O4. The van der Waals surface area contributed by atoms with E-state index < -0.39 is 5.41 Å². The number of ether oxygens (including phenoxy) is 3. The first kappa shape index (κ1) is 11.5. The second-order valence-corrected chi connectivity index (χ2v) is 4.70. The van der Waals surface area contributed by atoms with Crippen LogP contribution >= 0.6 is 0 Å². The van der Waals surface area contributed by atoms with Crippen LogP contribution in [-0.2, 0) is 19.0 Å². The molecule has 0 unspecified atom stereocenters. The molecule has 0 amide bonds. The summed E-state index contributed by atoms with van der Waals surface area (Å²) in [7, 11) is 4.71. The van der Waals surface area contributed by atoms with Crippen molar-refractivity contribution in [1.82, 2.24) is 0 Å². The van der Waals surface area contributed by atoms with Crippen molar-refractivity contribution in [3.8, 4) is 0 Å². The van der Waals surface area contributed by atoms with Crippen molar-refractivity contribution in [2.24, 2.45) is 17.3 Å². The third-order valence-corrected chi connectivity index (χ3v) is 3.81. The van der Waals surface area contributed by atoms with Gasteiger partial charge in [-0.1, -0.05) is 0 Å². The van der Waals surface area contributed by atoms with Crippen LogP contribution in [0, 0.1) is 17.3 Å². The van der Waals surface area contributed by atoms with Crippen molar-refractivity contribution in [2.75, 3.05) is 21.3 Å². The summed E-state index contributed by atoms with van der Waals surface area (Å²) in [6.07, 6.45) is 2.98. The lowest BCUT2D eigenvalue weighted by Gasteiger charge is -2.30. The molecule has 0 saturated heterocycles. The lowest BCUT2D eigenvalue weighted by molar-refractivity contribution is -0.152. The van der Waals surface area contributed by atoms with E-state index in [0.717, 1.165) is 6.42 Å². The molecule has 2 aliphatic carbocycles. The third kappa shape index (κ3) is 1.44. The van der Waals surface area contributed by atoms with Crippen molar-refractivity contribution >= 4 is 5.97 Å². The predicted molar refractivity (Wildman–Crippen MR) is 57.6 cm³/mol. The van der Waals surface area contributed by atoms with E-state index in [-0.39, 0.29) is 12.1 Å². The highest BCUT2D eigenvalue weighted by Crippen LogP contribution is 2.56. The summed E-state index contributed by atoms with van der Waals surface area (Å²) in [5.41, 5.74) is -0.655. The van der Waals surface area contributed by atoms with Crippen LogP contribution in [0.5, 0.6) is 0 Å². The molecule has 2 aliphatic rings. The first-order valence-corrected chi connectivity index (χ1v) is 5.46. The van der Waals surface area contributed by atoms with Gasteiger partial charge in [-0.05, 0) is 25.3 Å². The number of fused-ring (bicyclic) bond motifs is 1. The molecule has 0 N–H and O–H groups in total. The number of carbonyl (C=O) groups is 1. The lowest BCUT2D eigenvalue weighted by atomic mass is 9.79. The molecule has 0 heterocycles. The zero-order valence-electron chi connectivity index (χ0n) is 10.1. The van der Waals surface area contributed by atoms with Crippen LogP contribution < -0.4 is 0 Å². The van der Waals surface area contributed by atoms with Gasteiger partial charge in [-0.15, -0.1) is 0 Å². The molecule has 16 heavy (non-hydrogen) atoms. The van der Waals surface area contributed by atoms with Gasteiger partial charge in [0.05, 0.1) is 20.3 Å². The molecule has 4 nitrogen and oxygen atoms in total. The maximum Gasteiger partial charge on any atom is 0.319 e. The molecule has 4 atom stereocenters. The zero-order valence-corrected chi connectivity index (χ0v) is 10.1. The fourth-order valence-electron chi connectivity index (χ4n) is 2.80. The fourth-order valence-corrected chi connectivity index (χ4v) is 2.80. The van der Waals surface area contributed by atoms with Gasteiger partial charge in [-0.2, -0.15) is 0 Å². The molecule has 0 spiro atoms. The summed E-state index contributed by atoms with van der Waals surface area (Å²) in [6, 6.07) is 0. The van der Waals surface area contributed by atoms with Crippen molar-refractivity contribution in [2.45, 2.75) is 19.4 Å². The molecule has 0 aromatic carbocycles. The normalized spacial score (nSPS) is 40.8. The monoisotopic (exact) mass is 226 g/mol. The molecule has 2 rings (SSSR count). The van der Waals surface area contributed by atoms with Crippen LogP contribution in [0.15, 0.2) is 11.8 Å². The van der Waals surface area contributed by atoms with Gasteiger partial charge in [0.1, 0.15) is 11.2 Å². The Morgan fingerprint density at radius 2 is 2.12 bits per heavy atom. The van der Waals surface area contributed by atoms with Gasteiger partial charge >= 0.3 is 5.97 Å². The third-order valence-electron chi connectivity index (χ3n) is 3.81. The minimum atomic E-state index is -0.655. The molecule has 1 saturated carbocycles. The highest BCUT2D eigenvalue weighted by molar-refractivity contribution is 5.80. The smallest absolute Gasteiger partial charge is 0.319 e. The average Bonchev–Trinajstić information content (AvgIpc) is 2.97. The van der Waals surface area contributed by atoms with Crippen LogP contribution in [0.1, 0.15) is 13.3 Å². The Morgan fingerprint density at radius 1 is 1.44 bits per heavy atom. The van der Waals surface area contributed by atoms with Gasteiger partial charge < -0.3 is 14.2 Å². The Kier molecular flexibility index (Phi) is 2.70. The Bertz CT molecular complexity index is 336. The van der Waals surface area contributed by atoms with E-state index in [9.17, 15) is 4.79 Å². The molecule has 0 radical (unpaired) electrons. The minimum Gasteiger partial charge on any atom is -0.500 e. The predicted octanol–water partition coefficient (Wildman–Crippen LogP) is 1.36. The number of rotatable bonds is 3. The van der Waals surface area contributed by atoms with Gasteiger partial charge in [0.15, 0.2) is 0 Å². The number of hydrogen-bond donors (Lipinski definition) is 0. The van der Waals surface area contributed by atoms with E-state index in [4.69, 9.17) is 14.2 Å². The molecule has 0 aliphatic heterocycles. The number of hydrogen-bond acceptors (Lipinski definition) is 4. The van der Waals surface area contributed by atoms with Gasteiger partial charge in [0.2, 0.25) is 0 Å². The highest BCUT2D eigenvalue weighted by Gasteiger charge is 2.59. The highest BCUT2D eigenvalue weighted by atomic mass is 16.5. The first-order chi connectivity index (χ1) is 7.58. The van der Waals surface area contributed by atoms with Crippen molar-refractivity contribution in [3.63, 3.8) is 0 Å². The summed E-state index contributed by atoms with van der Waals surface area (Å²) < 4.78 is 15.5. The number of esters is 1. The lowest BCUT2D eigenvalue weighted by Crippen LogP contribution is -2.34. The van der Waals surface area contributed by atoms with Gasteiger partial charge in [-0.25, -0.2) is 0 Å². The van der Waals surface area contributed by atoms with Gasteiger partial charge in [0, 0.05) is 13.0 Å². The van der Waals surface area contributed by atoms with Crippen LogP contribution in [0.3, 0.4) is 0 Å². The van der Waals surface area contributed by atoms with E-state index in [1.807, 2.05) is 13.0 Å². The minimum absolute atomic E-state index is 0.233. The van der Waals surface area contributed by atoms with E-state index in [1.54, 1.807) is 14.2 Å². The Labute approximate surface area is 95.6 Å². The number of carbonyl (C=O) groups excluding carboxylic acids is 1. The van der Waals surface area contributed by atoms with Crippen LogP contribution in [0.2, 0.25) is 0 Å². The van der Waals surface area contributed by atoms with Crippen molar-refractivity contribution in [3.05, 3.63) is 11.8 Å². The summed E-state index contributed by atoms with van der Waals surface area (Å²) in [5.74, 6) is 1.30. The molecule has 90 valence electrons. The van der Waals surface area contributed by atoms with E-state index >= 15 is 0 Å². The molecule has 0 aromatic heterocycles. The first-order valence-electron chi connectivity index (χ1n) is 5.46. The van der Waals surface area contributed by atoms with Crippen molar-refractivity contribution in [1.29, 1.82) is 0 Å². The van der Waals surface area contributed by atoms with Crippen LogP contribution in [0.4, 0.5) is 0 Å². The van der Waals surface area contributed by atoms with Crippen molar-refractivity contribution < 1.29 is 19.0 Å². The quantitative estimate of drug-likeness (QED) is 0.682. The van der Waals surface area contributed by atoms with E-state index in [0.29, 0.717) is 17.6 Å². The van der Waals surface area contributed by atoms with Crippen LogP contribution in [0.25, 0.3) is 0 Å². The summed E-state index contributed by atoms with van der Waals surface area (Å²) in [6.45, 7) is 1.87. The maximum absolute atomic E-state index is 11.8. The molecule has 0 aromatic rings. The van der Waals surface area contributed by atoms with E-state index in [2.05, 4.69) is 0 Å². The number of methoxy groups -OCH3 is 3. The average molecular weight is 226 g/mol. The van der Waals surface area contributed by atoms with Gasteiger partial charge in [0.25, 0.3) is 0 Å². The Balaban J connectivity index is 2.26. The summed E-state index contributed by atoms with van der Waals surface area (Å²) >= 11 is 0. The zero-order chi connectivity index (χ0) is 11.9. The fraction of sp³-hybridized carbons (Fsp3) is 0.750. The summed E-state index contributed by atoms with van der Waals surface area (Å²) in [4.78, 5) is 11.8. The molecule has 1 fully saturated rings. The Morgan fingerprint density at radius 3 is 2.62 bits per heavy atom. The molecule has 4 heteroatoms. The van der Waals surface area contributed by atoms with Crippen LogP contribution in [-0.4, -0.2) is 33.4 Å². The van der Waals surface area contributed by atoms with E-state index in [1.165, 1.54) is 7.11 Å². The maximum atomic E-state index is 11.8. The SMILES string of the molecule is COC(=O)[C@]1(C)C[C@@H]2[C@H](C=C1OC)[C@@H]2OC. The second kappa shape index (κ2) is 3.77. The Hall–Kier alpha value is -1.03. The summed E-state index contributed by atoms with van der Waals surface area (Å²) in [5, 5.41) is 0. The largest absolute Gasteiger partial charge is 0.500 e. The molecular weight excluding hydrogens is 208 g/mol. The second-order valence-electron chi connectivity index (χ2n) is 4.70. The van der Waals surface area contributed by atoms with Gasteiger partial charge in [-0.3, -0.25) is 4.79 Å².